The van der Waals surface area contributed by atoms with E-state index in [2.05, 4.69) is 49.6 Å². The van der Waals surface area contributed by atoms with E-state index in [1.807, 2.05) is 0 Å². The van der Waals surface area contributed by atoms with Crippen molar-refractivity contribution in [2.24, 2.45) is 0 Å². The lowest BCUT2D eigenvalue weighted by Crippen LogP contribution is -2.41. The molecule has 0 saturated carbocycles. The molecular formula is C41H81N2+. The highest BCUT2D eigenvalue weighted by Crippen LogP contribution is 2.27. The van der Waals surface area contributed by atoms with Gasteiger partial charge in [0.1, 0.15) is 12.4 Å². The molecule has 254 valence electrons. The SMILES string of the molecule is CCCCCCCCCCCCCCCCCC(C)[n+]1cc[nH]c1C(CCCCCCCC)CCCCCCCCCC. The number of aromatic amines is 1. The fourth-order valence-corrected chi connectivity index (χ4v) is 7.13. The second kappa shape index (κ2) is 31.2. The first-order valence-corrected chi connectivity index (χ1v) is 20.3. The summed E-state index contributed by atoms with van der Waals surface area (Å²) in [5, 5.41) is 0. The van der Waals surface area contributed by atoms with E-state index < -0.39 is 0 Å². The molecule has 0 aromatic carbocycles. The Bertz CT molecular complexity index is 664. The zero-order valence-electron chi connectivity index (χ0n) is 30.4. The summed E-state index contributed by atoms with van der Waals surface area (Å²) in [4.78, 5) is 3.74. The molecule has 1 aromatic heterocycles. The first kappa shape index (κ1) is 40.2. The van der Waals surface area contributed by atoms with Crippen LogP contribution in [0.2, 0.25) is 0 Å². The number of imidazole rings is 1. The predicted molar refractivity (Wildman–Crippen MR) is 193 cm³/mol. The Morgan fingerprint density at radius 2 is 0.744 bits per heavy atom. The largest absolute Gasteiger partial charge is 0.257 e. The summed E-state index contributed by atoms with van der Waals surface area (Å²) in [7, 11) is 0. The maximum atomic E-state index is 3.74. The quantitative estimate of drug-likeness (QED) is 0.0599. The van der Waals surface area contributed by atoms with Crippen molar-refractivity contribution in [3.8, 4) is 0 Å². The molecule has 0 aliphatic rings. The van der Waals surface area contributed by atoms with Gasteiger partial charge in [-0.25, -0.2) is 9.55 Å². The number of unbranched alkanes of at least 4 members (excludes halogenated alkanes) is 26. The minimum atomic E-state index is 0.619. The van der Waals surface area contributed by atoms with E-state index in [4.69, 9.17) is 0 Å². The van der Waals surface area contributed by atoms with Crippen molar-refractivity contribution in [3.63, 3.8) is 0 Å². The molecule has 0 aliphatic carbocycles. The van der Waals surface area contributed by atoms with E-state index in [1.54, 1.807) is 0 Å². The van der Waals surface area contributed by atoms with E-state index in [1.165, 1.54) is 211 Å². The van der Waals surface area contributed by atoms with Crippen LogP contribution in [0.4, 0.5) is 0 Å². The molecule has 1 N–H and O–H groups in total. The molecule has 0 saturated heterocycles. The van der Waals surface area contributed by atoms with E-state index in [0.29, 0.717) is 12.0 Å². The summed E-state index contributed by atoms with van der Waals surface area (Å²) >= 11 is 0. The fourth-order valence-electron chi connectivity index (χ4n) is 7.13. The van der Waals surface area contributed by atoms with Gasteiger partial charge < -0.3 is 0 Å². The van der Waals surface area contributed by atoms with E-state index >= 15 is 0 Å². The zero-order chi connectivity index (χ0) is 31.1. The number of rotatable bonds is 34. The molecule has 0 amide bonds. The van der Waals surface area contributed by atoms with Crippen LogP contribution in [-0.4, -0.2) is 4.98 Å². The van der Waals surface area contributed by atoms with Crippen LogP contribution < -0.4 is 4.57 Å². The first-order chi connectivity index (χ1) is 21.2. The maximum Gasteiger partial charge on any atom is 0.257 e. The van der Waals surface area contributed by atoms with Crippen molar-refractivity contribution in [1.29, 1.82) is 0 Å². The van der Waals surface area contributed by atoms with E-state index in [0.717, 1.165) is 0 Å². The molecule has 2 atom stereocenters. The van der Waals surface area contributed by atoms with Crippen LogP contribution in [0.15, 0.2) is 12.4 Å². The molecule has 1 rings (SSSR count). The van der Waals surface area contributed by atoms with Gasteiger partial charge in [0.25, 0.3) is 5.82 Å². The lowest BCUT2D eigenvalue weighted by Gasteiger charge is -2.17. The number of hydrogen-bond acceptors (Lipinski definition) is 0. The van der Waals surface area contributed by atoms with Crippen LogP contribution in [0.25, 0.3) is 0 Å². The third-order valence-electron chi connectivity index (χ3n) is 10.1. The van der Waals surface area contributed by atoms with Crippen molar-refractivity contribution in [2.45, 2.75) is 245 Å². The van der Waals surface area contributed by atoms with Gasteiger partial charge in [-0.2, -0.15) is 0 Å². The van der Waals surface area contributed by atoms with Crippen molar-refractivity contribution in [3.05, 3.63) is 18.2 Å². The molecule has 0 spiro atoms. The van der Waals surface area contributed by atoms with Crippen LogP contribution >= 0.6 is 0 Å². The molecule has 1 aromatic rings. The standard InChI is InChI=1S/C41H80N2/c1-5-8-11-14-17-19-20-21-22-23-24-25-26-28-31-34-39(4)43-38-37-42-41(43)40(35-32-29-16-13-10-7-3)36-33-30-27-18-15-12-9-6-2/h37-40H,5-36H2,1-4H3/p+1. The molecule has 0 aliphatic heterocycles. The van der Waals surface area contributed by atoms with Crippen LogP contribution in [0.5, 0.6) is 0 Å². The Morgan fingerprint density at radius 1 is 0.442 bits per heavy atom. The van der Waals surface area contributed by atoms with Crippen LogP contribution in [0, 0.1) is 0 Å². The summed E-state index contributed by atoms with van der Waals surface area (Å²) in [6.07, 6.45) is 50.2. The van der Waals surface area contributed by atoms with Crippen molar-refractivity contribution in [1.82, 2.24) is 4.98 Å². The van der Waals surface area contributed by atoms with Gasteiger partial charge in [-0.15, -0.1) is 0 Å². The molecule has 1 heterocycles. The van der Waals surface area contributed by atoms with Gasteiger partial charge in [0.2, 0.25) is 0 Å². The van der Waals surface area contributed by atoms with Crippen molar-refractivity contribution < 1.29 is 4.57 Å². The Hall–Kier alpha value is -0.790. The molecule has 0 fully saturated rings. The third-order valence-corrected chi connectivity index (χ3v) is 10.1. The van der Waals surface area contributed by atoms with Crippen molar-refractivity contribution >= 4 is 0 Å². The Kier molecular flexibility index (Phi) is 29.2. The van der Waals surface area contributed by atoms with Gasteiger partial charge in [0.15, 0.2) is 0 Å². The second-order valence-electron chi connectivity index (χ2n) is 14.4. The molecule has 2 unspecified atom stereocenters. The lowest BCUT2D eigenvalue weighted by atomic mass is 9.93. The van der Waals surface area contributed by atoms with E-state index in [9.17, 15) is 0 Å². The predicted octanol–water partition coefficient (Wildman–Crippen LogP) is 14.5. The molecular weight excluding hydrogens is 520 g/mol. The van der Waals surface area contributed by atoms with Gasteiger partial charge in [-0.3, -0.25) is 0 Å². The lowest BCUT2D eigenvalue weighted by molar-refractivity contribution is -0.727. The van der Waals surface area contributed by atoms with Gasteiger partial charge in [0.05, 0.1) is 12.0 Å². The van der Waals surface area contributed by atoms with Gasteiger partial charge >= 0.3 is 0 Å². The van der Waals surface area contributed by atoms with Crippen LogP contribution in [0.3, 0.4) is 0 Å². The summed E-state index contributed by atoms with van der Waals surface area (Å²) in [5.74, 6) is 2.25. The average Bonchev–Trinajstić information content (AvgIpc) is 3.51. The molecule has 43 heavy (non-hydrogen) atoms. The number of hydrogen-bond donors (Lipinski definition) is 1. The highest BCUT2D eigenvalue weighted by atomic mass is 15.1. The van der Waals surface area contributed by atoms with Gasteiger partial charge in [0, 0.05) is 0 Å². The molecule has 0 radical (unpaired) electrons. The Balaban J connectivity index is 2.30. The van der Waals surface area contributed by atoms with Gasteiger partial charge in [-0.05, 0) is 32.6 Å². The summed E-state index contributed by atoms with van der Waals surface area (Å²) < 4.78 is 2.64. The highest BCUT2D eigenvalue weighted by molar-refractivity contribution is 4.90. The Morgan fingerprint density at radius 3 is 1.09 bits per heavy atom. The third kappa shape index (κ3) is 23.2. The average molecular weight is 602 g/mol. The number of nitrogens with zero attached hydrogens (tertiary/aromatic N) is 1. The minimum absolute atomic E-state index is 0.619. The van der Waals surface area contributed by atoms with Crippen molar-refractivity contribution in [2.75, 3.05) is 0 Å². The summed E-state index contributed by atoms with van der Waals surface area (Å²) in [5.41, 5.74) is 0. The van der Waals surface area contributed by atoms with Crippen LogP contribution in [0.1, 0.15) is 251 Å². The number of nitrogens with one attached hydrogen (secondary N) is 1. The van der Waals surface area contributed by atoms with E-state index in [-0.39, 0.29) is 0 Å². The normalized spacial score (nSPS) is 13.1. The smallest absolute Gasteiger partial charge is 0.247 e. The summed E-state index contributed by atoms with van der Waals surface area (Å²) in [6, 6.07) is 0.619. The number of aromatic nitrogens is 2. The zero-order valence-corrected chi connectivity index (χ0v) is 30.4. The minimum Gasteiger partial charge on any atom is -0.247 e. The van der Waals surface area contributed by atoms with Gasteiger partial charge in [-0.1, -0.05) is 201 Å². The number of H-pyrrole nitrogens is 1. The topological polar surface area (TPSA) is 19.7 Å². The second-order valence-corrected chi connectivity index (χ2v) is 14.4. The first-order valence-electron chi connectivity index (χ1n) is 20.3. The molecule has 2 heteroatoms. The maximum absolute atomic E-state index is 3.74. The fraction of sp³-hybridized carbons (Fsp3) is 0.927. The monoisotopic (exact) mass is 602 g/mol. The molecule has 2 nitrogen and oxygen atoms in total. The molecule has 0 bridgehead atoms. The van der Waals surface area contributed by atoms with Crippen LogP contribution in [-0.2, 0) is 0 Å². The highest BCUT2D eigenvalue weighted by Gasteiger charge is 2.25. The summed E-state index contributed by atoms with van der Waals surface area (Å²) in [6.45, 7) is 9.42. The Labute approximate surface area is 272 Å².